The van der Waals surface area contributed by atoms with E-state index < -0.39 is 0 Å². The minimum absolute atomic E-state index is 0.323. The first-order chi connectivity index (χ1) is 9.48. The van der Waals surface area contributed by atoms with Crippen LogP contribution in [0, 0.1) is 17.8 Å². The average Bonchev–Trinajstić information content (AvgIpc) is 2.88. The van der Waals surface area contributed by atoms with Crippen molar-refractivity contribution in [3.05, 3.63) is 0 Å². The smallest absolute Gasteiger partial charge is 0.0337 e. The second kappa shape index (κ2) is 6.79. The van der Waals surface area contributed by atoms with Crippen LogP contribution in [0.3, 0.4) is 0 Å². The summed E-state index contributed by atoms with van der Waals surface area (Å²) in [5.74, 6) is 2.50. The van der Waals surface area contributed by atoms with E-state index in [2.05, 4.69) is 32.6 Å². The minimum atomic E-state index is 0.323. The molecule has 1 saturated heterocycles. The predicted octanol–water partition coefficient (Wildman–Crippen LogP) is 4.04. The molecule has 0 aromatic carbocycles. The van der Waals surface area contributed by atoms with Crippen molar-refractivity contribution in [2.45, 2.75) is 84.2 Å². The van der Waals surface area contributed by atoms with Crippen molar-refractivity contribution in [2.75, 3.05) is 13.1 Å². The summed E-state index contributed by atoms with van der Waals surface area (Å²) in [6, 6.07) is 0.774. The van der Waals surface area contributed by atoms with Crippen LogP contribution >= 0.6 is 0 Å². The maximum absolute atomic E-state index is 6.33. The van der Waals surface area contributed by atoms with E-state index in [1.165, 1.54) is 51.5 Å². The monoisotopic (exact) mass is 280 g/mol. The van der Waals surface area contributed by atoms with E-state index in [9.17, 15) is 0 Å². The topological polar surface area (TPSA) is 29.3 Å². The van der Waals surface area contributed by atoms with Crippen molar-refractivity contribution in [3.63, 3.8) is 0 Å². The number of nitrogens with zero attached hydrogens (tertiary/aromatic N) is 1. The zero-order chi connectivity index (χ0) is 14.8. The highest BCUT2D eigenvalue weighted by atomic mass is 15.3. The third-order valence-corrected chi connectivity index (χ3v) is 5.79. The van der Waals surface area contributed by atoms with Crippen LogP contribution in [0.5, 0.6) is 0 Å². The fourth-order valence-electron chi connectivity index (χ4n) is 4.97. The normalized spacial score (nSPS) is 36.1. The van der Waals surface area contributed by atoms with Crippen molar-refractivity contribution in [2.24, 2.45) is 23.5 Å². The molecule has 0 amide bonds. The fraction of sp³-hybridized carbons (Fsp3) is 1.00. The maximum atomic E-state index is 6.33. The van der Waals surface area contributed by atoms with Crippen LogP contribution in [0.1, 0.15) is 72.6 Å². The molecule has 0 bridgehead atoms. The summed E-state index contributed by atoms with van der Waals surface area (Å²) in [7, 11) is 0. The molecule has 2 nitrogen and oxygen atoms in total. The van der Waals surface area contributed by atoms with Gasteiger partial charge in [0, 0.05) is 18.1 Å². The van der Waals surface area contributed by atoms with Gasteiger partial charge in [0.25, 0.3) is 0 Å². The van der Waals surface area contributed by atoms with E-state index in [0.717, 1.165) is 30.3 Å². The van der Waals surface area contributed by atoms with Crippen molar-refractivity contribution in [1.82, 2.24) is 4.90 Å². The second-order valence-corrected chi connectivity index (χ2v) is 8.17. The Kier molecular flexibility index (Phi) is 5.53. The molecule has 1 aliphatic carbocycles. The summed E-state index contributed by atoms with van der Waals surface area (Å²) in [4.78, 5) is 2.84. The molecule has 1 aliphatic heterocycles. The Bertz CT molecular complexity index is 300. The molecule has 0 aromatic rings. The van der Waals surface area contributed by atoms with Gasteiger partial charge >= 0.3 is 0 Å². The first-order valence-electron chi connectivity index (χ1n) is 8.95. The number of nitrogens with two attached hydrogens (primary N) is 1. The lowest BCUT2D eigenvalue weighted by molar-refractivity contribution is 0.00870. The van der Waals surface area contributed by atoms with Crippen molar-refractivity contribution >= 4 is 0 Å². The van der Waals surface area contributed by atoms with E-state index in [4.69, 9.17) is 5.73 Å². The lowest BCUT2D eigenvalue weighted by Gasteiger charge is -2.50. The van der Waals surface area contributed by atoms with Crippen molar-refractivity contribution in [3.8, 4) is 0 Å². The van der Waals surface area contributed by atoms with Gasteiger partial charge in [-0.05, 0) is 56.4 Å². The summed E-state index contributed by atoms with van der Waals surface area (Å²) in [6.45, 7) is 11.7. The molecular weight excluding hydrogens is 244 g/mol. The van der Waals surface area contributed by atoms with Gasteiger partial charge in [-0.15, -0.1) is 0 Å². The van der Waals surface area contributed by atoms with Crippen LogP contribution in [0.4, 0.5) is 0 Å². The molecule has 3 unspecified atom stereocenters. The first-order valence-corrected chi connectivity index (χ1v) is 8.95. The van der Waals surface area contributed by atoms with Crippen molar-refractivity contribution < 1.29 is 0 Å². The number of hydrogen-bond donors (Lipinski definition) is 1. The highest BCUT2D eigenvalue weighted by Crippen LogP contribution is 2.43. The van der Waals surface area contributed by atoms with Crippen LogP contribution in [-0.2, 0) is 0 Å². The third kappa shape index (κ3) is 3.39. The van der Waals surface area contributed by atoms with E-state index in [1.807, 2.05) is 0 Å². The number of likely N-dealkylation sites (tertiary alicyclic amines) is 1. The Morgan fingerprint density at radius 1 is 1.15 bits per heavy atom. The fourth-order valence-corrected chi connectivity index (χ4v) is 4.97. The molecule has 1 saturated carbocycles. The molecule has 118 valence electrons. The van der Waals surface area contributed by atoms with Gasteiger partial charge in [0.2, 0.25) is 0 Å². The Hall–Kier alpha value is -0.0800. The highest BCUT2D eigenvalue weighted by Gasteiger charge is 2.45. The Balaban J connectivity index is 2.11. The van der Waals surface area contributed by atoms with E-state index >= 15 is 0 Å². The van der Waals surface area contributed by atoms with Crippen LogP contribution in [0.15, 0.2) is 0 Å². The van der Waals surface area contributed by atoms with Gasteiger partial charge in [-0.1, -0.05) is 40.5 Å². The first kappa shape index (κ1) is 16.3. The molecule has 1 heterocycles. The Morgan fingerprint density at radius 3 is 2.50 bits per heavy atom. The largest absolute Gasteiger partial charge is 0.329 e. The van der Waals surface area contributed by atoms with Crippen molar-refractivity contribution in [1.29, 1.82) is 0 Å². The third-order valence-electron chi connectivity index (χ3n) is 5.79. The summed E-state index contributed by atoms with van der Waals surface area (Å²) in [5.41, 5.74) is 6.65. The molecule has 3 atom stereocenters. The van der Waals surface area contributed by atoms with Gasteiger partial charge in [0.15, 0.2) is 0 Å². The molecule has 2 rings (SSSR count). The van der Waals surface area contributed by atoms with Gasteiger partial charge in [-0.2, -0.15) is 0 Å². The standard InChI is InChI=1S/C18H36N2/c1-14(2)11-16-7-5-9-18(12-16,13-19)20-10-6-8-17(20)15(3)4/h14-17H,5-13,19H2,1-4H3. The predicted molar refractivity (Wildman–Crippen MR) is 87.8 cm³/mol. The Morgan fingerprint density at radius 2 is 1.90 bits per heavy atom. The average molecular weight is 280 g/mol. The molecule has 20 heavy (non-hydrogen) atoms. The lowest BCUT2D eigenvalue weighted by atomic mass is 9.71. The molecule has 2 fully saturated rings. The quantitative estimate of drug-likeness (QED) is 0.823. The highest BCUT2D eigenvalue weighted by molar-refractivity contribution is 5.01. The number of hydrogen-bond acceptors (Lipinski definition) is 2. The zero-order valence-corrected chi connectivity index (χ0v) is 14.2. The molecule has 2 heteroatoms. The summed E-state index contributed by atoms with van der Waals surface area (Å²) in [6.07, 6.45) is 9.65. The van der Waals surface area contributed by atoms with Gasteiger partial charge in [-0.3, -0.25) is 4.90 Å². The van der Waals surface area contributed by atoms with Gasteiger partial charge in [-0.25, -0.2) is 0 Å². The van der Waals surface area contributed by atoms with Crippen LogP contribution in [0.2, 0.25) is 0 Å². The van der Waals surface area contributed by atoms with E-state index in [1.54, 1.807) is 0 Å². The van der Waals surface area contributed by atoms with Gasteiger partial charge in [0.05, 0.1) is 0 Å². The maximum Gasteiger partial charge on any atom is 0.0337 e. The molecule has 0 spiro atoms. The van der Waals surface area contributed by atoms with Crippen LogP contribution < -0.4 is 5.73 Å². The summed E-state index contributed by atoms with van der Waals surface area (Å²) < 4.78 is 0. The number of rotatable bonds is 5. The summed E-state index contributed by atoms with van der Waals surface area (Å²) >= 11 is 0. The van der Waals surface area contributed by atoms with Gasteiger partial charge in [0.1, 0.15) is 0 Å². The van der Waals surface area contributed by atoms with Gasteiger partial charge < -0.3 is 5.73 Å². The lowest BCUT2D eigenvalue weighted by Crippen LogP contribution is -2.58. The minimum Gasteiger partial charge on any atom is -0.329 e. The molecule has 2 N–H and O–H groups in total. The molecule has 0 radical (unpaired) electrons. The van der Waals surface area contributed by atoms with Crippen LogP contribution in [-0.4, -0.2) is 29.6 Å². The van der Waals surface area contributed by atoms with E-state index in [0.29, 0.717) is 5.54 Å². The SMILES string of the molecule is CC(C)CC1CCCC(CN)(N2CCCC2C(C)C)C1. The Labute approximate surface area is 126 Å². The summed E-state index contributed by atoms with van der Waals surface area (Å²) in [5, 5.41) is 0. The molecule has 2 aliphatic rings. The molecular formula is C18H36N2. The van der Waals surface area contributed by atoms with E-state index in [-0.39, 0.29) is 0 Å². The molecule has 0 aromatic heterocycles. The second-order valence-electron chi connectivity index (χ2n) is 8.17. The van der Waals surface area contributed by atoms with Crippen LogP contribution in [0.25, 0.3) is 0 Å². The zero-order valence-electron chi connectivity index (χ0n) is 14.2.